The Morgan fingerprint density at radius 2 is 2.05 bits per heavy atom. The molecule has 0 heterocycles. The van der Waals surface area contributed by atoms with Gasteiger partial charge in [0.2, 0.25) is 0 Å². The third-order valence-electron chi connectivity index (χ3n) is 3.61. The summed E-state index contributed by atoms with van der Waals surface area (Å²) in [5, 5.41) is 12.0. The summed E-state index contributed by atoms with van der Waals surface area (Å²) >= 11 is 3.26. The van der Waals surface area contributed by atoms with Crippen LogP contribution in [0.15, 0.2) is 22.7 Å². The van der Waals surface area contributed by atoms with Crippen molar-refractivity contribution < 1.29 is 14.3 Å². The van der Waals surface area contributed by atoms with E-state index >= 15 is 0 Å². The van der Waals surface area contributed by atoms with Crippen LogP contribution in [0.3, 0.4) is 0 Å². The fourth-order valence-electron chi connectivity index (χ4n) is 2.42. The van der Waals surface area contributed by atoms with E-state index in [1.807, 2.05) is 0 Å². The fraction of sp³-hybridized carbons (Fsp3) is 0.500. The average Bonchev–Trinajstić information content (AvgIpc) is 2.42. The molecule has 104 valence electrons. The second-order valence-corrected chi connectivity index (χ2v) is 5.85. The molecular weight excluding hydrogens is 313 g/mol. The zero-order valence-electron chi connectivity index (χ0n) is 10.5. The van der Waals surface area contributed by atoms with Gasteiger partial charge in [0.05, 0.1) is 5.56 Å². The van der Waals surface area contributed by atoms with E-state index in [0.717, 1.165) is 25.7 Å². The van der Waals surface area contributed by atoms with Crippen molar-refractivity contribution in [2.75, 3.05) is 6.61 Å². The van der Waals surface area contributed by atoms with Crippen molar-refractivity contribution in [3.63, 3.8) is 0 Å². The van der Waals surface area contributed by atoms with Gasteiger partial charge in [0, 0.05) is 17.1 Å². The molecule has 1 aliphatic carbocycles. The molecule has 0 aromatic heterocycles. The number of aliphatic hydroxyl groups excluding tert-OH is 1. The summed E-state index contributed by atoms with van der Waals surface area (Å²) in [6, 6.07) is 4.20. The van der Waals surface area contributed by atoms with Gasteiger partial charge >= 0.3 is 0 Å². The van der Waals surface area contributed by atoms with Crippen LogP contribution in [0.2, 0.25) is 0 Å². The van der Waals surface area contributed by atoms with Crippen molar-refractivity contribution in [1.82, 2.24) is 5.32 Å². The van der Waals surface area contributed by atoms with Gasteiger partial charge in [-0.05, 0) is 65.7 Å². The van der Waals surface area contributed by atoms with Crippen molar-refractivity contribution in [2.24, 2.45) is 5.92 Å². The largest absolute Gasteiger partial charge is 0.396 e. The Morgan fingerprint density at radius 3 is 2.68 bits per heavy atom. The summed E-state index contributed by atoms with van der Waals surface area (Å²) < 4.78 is 13.7. The van der Waals surface area contributed by atoms with E-state index in [-0.39, 0.29) is 18.6 Å². The lowest BCUT2D eigenvalue weighted by Gasteiger charge is -2.28. The highest BCUT2D eigenvalue weighted by molar-refractivity contribution is 9.10. The Bertz CT molecular complexity index is 459. The molecule has 1 aromatic rings. The molecule has 1 amide bonds. The van der Waals surface area contributed by atoms with Crippen LogP contribution in [0, 0.1) is 11.7 Å². The predicted octanol–water partition coefficient (Wildman–Crippen LogP) is 2.87. The summed E-state index contributed by atoms with van der Waals surface area (Å²) in [6.45, 7) is 0.218. The van der Waals surface area contributed by atoms with Gasteiger partial charge in [-0.15, -0.1) is 0 Å². The first-order chi connectivity index (χ1) is 9.10. The van der Waals surface area contributed by atoms with Crippen LogP contribution >= 0.6 is 15.9 Å². The van der Waals surface area contributed by atoms with Gasteiger partial charge in [0.15, 0.2) is 0 Å². The smallest absolute Gasteiger partial charge is 0.252 e. The molecule has 3 nitrogen and oxygen atoms in total. The van der Waals surface area contributed by atoms with Crippen LogP contribution in [0.25, 0.3) is 0 Å². The SMILES string of the molecule is O=C(NC1CCC(CO)CC1)c1cc(F)ccc1Br. The number of amides is 1. The monoisotopic (exact) mass is 329 g/mol. The molecule has 19 heavy (non-hydrogen) atoms. The Balaban J connectivity index is 1.96. The minimum atomic E-state index is -0.419. The molecule has 2 N–H and O–H groups in total. The molecule has 1 aromatic carbocycles. The van der Waals surface area contributed by atoms with Gasteiger partial charge in [-0.3, -0.25) is 4.79 Å². The number of halogens is 2. The number of carbonyl (C=O) groups excluding carboxylic acids is 1. The Hall–Kier alpha value is -0.940. The molecule has 0 unspecified atom stereocenters. The quantitative estimate of drug-likeness (QED) is 0.895. The zero-order chi connectivity index (χ0) is 13.8. The van der Waals surface area contributed by atoms with E-state index in [2.05, 4.69) is 21.2 Å². The van der Waals surface area contributed by atoms with Crippen molar-refractivity contribution in [3.8, 4) is 0 Å². The molecular formula is C14H17BrFNO2. The van der Waals surface area contributed by atoms with E-state index in [1.54, 1.807) is 0 Å². The van der Waals surface area contributed by atoms with Crippen LogP contribution in [0.4, 0.5) is 4.39 Å². The third kappa shape index (κ3) is 3.76. The highest BCUT2D eigenvalue weighted by Crippen LogP contribution is 2.24. The number of rotatable bonds is 3. The molecule has 2 rings (SSSR count). The summed E-state index contributed by atoms with van der Waals surface area (Å²) in [7, 11) is 0. The topological polar surface area (TPSA) is 49.3 Å². The lowest BCUT2D eigenvalue weighted by molar-refractivity contribution is 0.0912. The molecule has 0 saturated heterocycles. The van der Waals surface area contributed by atoms with Crippen LogP contribution < -0.4 is 5.32 Å². The average molecular weight is 330 g/mol. The molecule has 1 saturated carbocycles. The van der Waals surface area contributed by atoms with E-state index in [0.29, 0.717) is 16.0 Å². The molecule has 0 radical (unpaired) electrons. The maximum atomic E-state index is 13.2. The van der Waals surface area contributed by atoms with Crippen molar-refractivity contribution in [2.45, 2.75) is 31.7 Å². The molecule has 1 fully saturated rings. The van der Waals surface area contributed by atoms with Crippen molar-refractivity contribution >= 4 is 21.8 Å². The zero-order valence-corrected chi connectivity index (χ0v) is 12.1. The normalized spacial score (nSPS) is 23.1. The number of carbonyl (C=O) groups is 1. The maximum Gasteiger partial charge on any atom is 0.252 e. The summed E-state index contributed by atoms with van der Waals surface area (Å²) in [4.78, 5) is 12.1. The number of aliphatic hydroxyl groups is 1. The fourth-order valence-corrected chi connectivity index (χ4v) is 2.85. The Labute approximate surface area is 120 Å². The standard InChI is InChI=1S/C14H17BrFNO2/c15-13-6-3-10(16)7-12(13)14(19)17-11-4-1-9(8-18)2-5-11/h3,6-7,9,11,18H,1-2,4-5,8H2,(H,17,19). The second-order valence-electron chi connectivity index (χ2n) is 5.00. The van der Waals surface area contributed by atoms with Gasteiger partial charge in [-0.1, -0.05) is 0 Å². The molecule has 0 spiro atoms. The predicted molar refractivity (Wildman–Crippen MR) is 74.4 cm³/mol. The number of hydrogen-bond donors (Lipinski definition) is 2. The van der Waals surface area contributed by atoms with Crippen molar-refractivity contribution in [1.29, 1.82) is 0 Å². The first-order valence-corrected chi connectivity index (χ1v) is 7.26. The highest BCUT2D eigenvalue weighted by Gasteiger charge is 2.23. The number of nitrogens with one attached hydrogen (secondary N) is 1. The van der Waals surface area contributed by atoms with Crippen LogP contribution in [-0.2, 0) is 0 Å². The maximum absolute atomic E-state index is 13.2. The second kappa shape index (κ2) is 6.48. The Morgan fingerprint density at radius 1 is 1.37 bits per heavy atom. The molecule has 1 aliphatic rings. The van der Waals surface area contributed by atoms with E-state index in [1.165, 1.54) is 18.2 Å². The summed E-state index contributed by atoms with van der Waals surface area (Å²) in [6.07, 6.45) is 3.57. The van der Waals surface area contributed by atoms with Crippen molar-refractivity contribution in [3.05, 3.63) is 34.1 Å². The van der Waals surface area contributed by atoms with Crippen LogP contribution in [-0.4, -0.2) is 23.7 Å². The number of hydrogen-bond acceptors (Lipinski definition) is 2. The van der Waals surface area contributed by atoms with E-state index in [4.69, 9.17) is 5.11 Å². The van der Waals surface area contributed by atoms with E-state index < -0.39 is 5.82 Å². The van der Waals surface area contributed by atoms with Gasteiger partial charge in [0.1, 0.15) is 5.82 Å². The van der Waals surface area contributed by atoms with Gasteiger partial charge in [0.25, 0.3) is 5.91 Å². The number of benzene rings is 1. The lowest BCUT2D eigenvalue weighted by atomic mass is 9.86. The van der Waals surface area contributed by atoms with Gasteiger partial charge in [-0.2, -0.15) is 0 Å². The Kier molecular flexibility index (Phi) is 4.93. The summed E-state index contributed by atoms with van der Waals surface area (Å²) in [5.41, 5.74) is 0.323. The molecule has 5 heteroatoms. The first kappa shape index (κ1) is 14.5. The highest BCUT2D eigenvalue weighted by atomic mass is 79.9. The lowest BCUT2D eigenvalue weighted by Crippen LogP contribution is -2.38. The minimum absolute atomic E-state index is 0.116. The van der Waals surface area contributed by atoms with Crippen LogP contribution in [0.1, 0.15) is 36.0 Å². The first-order valence-electron chi connectivity index (χ1n) is 6.47. The minimum Gasteiger partial charge on any atom is -0.396 e. The summed E-state index contributed by atoms with van der Waals surface area (Å²) in [5.74, 6) is -0.315. The molecule has 0 aliphatic heterocycles. The van der Waals surface area contributed by atoms with Gasteiger partial charge in [-0.25, -0.2) is 4.39 Å². The molecule has 0 bridgehead atoms. The molecule has 0 atom stereocenters. The van der Waals surface area contributed by atoms with Crippen LogP contribution in [0.5, 0.6) is 0 Å². The van der Waals surface area contributed by atoms with E-state index in [9.17, 15) is 9.18 Å². The third-order valence-corrected chi connectivity index (χ3v) is 4.30. The van der Waals surface area contributed by atoms with Gasteiger partial charge < -0.3 is 10.4 Å².